The molecule has 2 N–H and O–H groups in total. The molecule has 2 unspecified atom stereocenters. The van der Waals surface area contributed by atoms with Gasteiger partial charge in [-0.15, -0.1) is 12.6 Å². The first-order chi connectivity index (χ1) is 6.34. The van der Waals surface area contributed by atoms with Crippen molar-refractivity contribution in [3.63, 3.8) is 0 Å². The SMILES string of the molecule is O=S(=O)([O-])[O-].[NH-]CC1CCCCC1[NH-].[Pt+4]. The largest absolute Gasteiger partial charge is 4.00 e. The van der Waals surface area contributed by atoms with Gasteiger partial charge in [-0.3, -0.25) is 8.42 Å². The van der Waals surface area contributed by atoms with E-state index in [-0.39, 0.29) is 27.1 Å². The van der Waals surface area contributed by atoms with E-state index in [1.807, 2.05) is 0 Å². The zero-order chi connectivity index (χ0) is 11.2. The van der Waals surface area contributed by atoms with Gasteiger partial charge >= 0.3 is 21.1 Å². The summed E-state index contributed by atoms with van der Waals surface area (Å²) < 4.78 is 34.1. The van der Waals surface area contributed by atoms with Crippen LogP contribution in [-0.2, 0) is 31.5 Å². The van der Waals surface area contributed by atoms with Crippen molar-refractivity contribution in [1.82, 2.24) is 0 Å². The molecule has 1 aliphatic rings. The molecular weight excluding hydrogens is 403 g/mol. The first-order valence-corrected chi connectivity index (χ1v) is 5.70. The number of nitrogens with one attached hydrogen (secondary N) is 2. The third kappa shape index (κ3) is 12.4. The maximum absolute atomic E-state index is 8.52. The minimum Gasteiger partial charge on any atom is -0.759 e. The van der Waals surface area contributed by atoms with Crippen LogP contribution < -0.4 is 0 Å². The van der Waals surface area contributed by atoms with Crippen molar-refractivity contribution in [2.45, 2.75) is 31.7 Å². The molecule has 8 heteroatoms. The van der Waals surface area contributed by atoms with Gasteiger partial charge in [-0.1, -0.05) is 31.6 Å². The molecule has 15 heavy (non-hydrogen) atoms. The van der Waals surface area contributed by atoms with Crippen molar-refractivity contribution in [1.29, 1.82) is 0 Å². The normalized spacial score (nSPS) is 25.9. The summed E-state index contributed by atoms with van der Waals surface area (Å²) in [7, 11) is -5.17. The van der Waals surface area contributed by atoms with Crippen LogP contribution in [0.3, 0.4) is 0 Å². The fourth-order valence-corrected chi connectivity index (χ4v) is 1.45. The van der Waals surface area contributed by atoms with Crippen LogP contribution in [0.15, 0.2) is 0 Å². The first kappa shape index (κ1) is 17.9. The average molecular weight is 417 g/mol. The van der Waals surface area contributed by atoms with Gasteiger partial charge in [0, 0.05) is 10.4 Å². The van der Waals surface area contributed by atoms with E-state index in [0.717, 1.165) is 12.8 Å². The Labute approximate surface area is 105 Å². The summed E-state index contributed by atoms with van der Waals surface area (Å²) in [6, 6.07) is 0.0799. The Bertz CT molecular complexity index is 239. The van der Waals surface area contributed by atoms with Gasteiger partial charge in [-0.2, -0.15) is 0 Å². The molecule has 92 valence electrons. The van der Waals surface area contributed by atoms with Gasteiger partial charge in [0.05, 0.1) is 0 Å². The van der Waals surface area contributed by atoms with Crippen LogP contribution in [0.1, 0.15) is 25.7 Å². The zero-order valence-corrected chi connectivity index (χ0v) is 11.1. The maximum Gasteiger partial charge on any atom is 4.00 e. The molecule has 0 spiro atoms. The van der Waals surface area contributed by atoms with Crippen LogP contribution >= 0.6 is 0 Å². The summed E-state index contributed by atoms with van der Waals surface area (Å²) in [6.45, 7) is 0.466. The Morgan fingerprint density at radius 3 is 1.87 bits per heavy atom. The number of hydrogen-bond donors (Lipinski definition) is 0. The van der Waals surface area contributed by atoms with Crippen LogP contribution in [0, 0.1) is 5.92 Å². The van der Waals surface area contributed by atoms with E-state index in [2.05, 4.69) is 0 Å². The Hall–Kier alpha value is 0.478. The minimum atomic E-state index is -5.17. The molecule has 1 fully saturated rings. The van der Waals surface area contributed by atoms with Gasteiger partial charge in [-0.25, -0.2) is 0 Å². The third-order valence-corrected chi connectivity index (χ3v) is 2.17. The molecule has 0 aromatic heterocycles. The van der Waals surface area contributed by atoms with E-state index in [9.17, 15) is 0 Å². The molecule has 0 bridgehead atoms. The Morgan fingerprint density at radius 1 is 1.20 bits per heavy atom. The predicted molar refractivity (Wildman–Crippen MR) is 49.7 cm³/mol. The molecule has 1 saturated carbocycles. The fraction of sp³-hybridized carbons (Fsp3) is 1.00. The predicted octanol–water partition coefficient (Wildman–Crippen LogP) is 1.31. The smallest absolute Gasteiger partial charge is 0.759 e. The average Bonchev–Trinajstić information content (AvgIpc) is 2.02. The fourth-order valence-electron chi connectivity index (χ4n) is 1.45. The molecular formula is C7H14N2O4PtS. The van der Waals surface area contributed by atoms with E-state index >= 15 is 0 Å². The summed E-state index contributed by atoms with van der Waals surface area (Å²) in [5.41, 5.74) is 14.6. The molecule has 1 aliphatic carbocycles. The third-order valence-electron chi connectivity index (χ3n) is 2.17. The van der Waals surface area contributed by atoms with Crippen molar-refractivity contribution < 1.29 is 38.6 Å². The maximum atomic E-state index is 8.52. The molecule has 6 nitrogen and oxygen atoms in total. The second kappa shape index (κ2) is 8.61. The molecule has 0 heterocycles. The van der Waals surface area contributed by atoms with Gasteiger partial charge in [0.2, 0.25) is 0 Å². The molecule has 0 aliphatic heterocycles. The van der Waals surface area contributed by atoms with Crippen molar-refractivity contribution in [2.75, 3.05) is 6.54 Å². The van der Waals surface area contributed by atoms with Crippen LogP contribution in [-0.4, -0.2) is 30.1 Å². The van der Waals surface area contributed by atoms with Crippen molar-refractivity contribution in [3.8, 4) is 0 Å². The second-order valence-corrected chi connectivity index (χ2v) is 4.08. The monoisotopic (exact) mass is 417 g/mol. The summed E-state index contributed by atoms with van der Waals surface area (Å²) in [4.78, 5) is 0. The second-order valence-electron chi connectivity index (χ2n) is 3.26. The van der Waals surface area contributed by atoms with Gasteiger partial charge in [0.15, 0.2) is 0 Å². The zero-order valence-electron chi connectivity index (χ0n) is 8.05. The van der Waals surface area contributed by atoms with E-state index in [0.29, 0.717) is 12.5 Å². The Morgan fingerprint density at radius 2 is 1.60 bits per heavy atom. The summed E-state index contributed by atoms with van der Waals surface area (Å²) in [5, 5.41) is 0. The summed E-state index contributed by atoms with van der Waals surface area (Å²) in [5.74, 6) is 0.388. The standard InChI is InChI=1S/C7H14N2.H2O4S.Pt/c8-5-6-3-1-2-4-7(6)9;1-5(2,3)4;/h6-9H,1-5H2;(H2,1,2,3,4);/q-2;;+4/p-2. The molecule has 2 atom stereocenters. The van der Waals surface area contributed by atoms with Crippen molar-refractivity contribution in [2.24, 2.45) is 5.92 Å². The van der Waals surface area contributed by atoms with E-state index < -0.39 is 10.4 Å². The summed E-state index contributed by atoms with van der Waals surface area (Å²) in [6.07, 6.45) is 4.62. The molecule has 0 amide bonds. The van der Waals surface area contributed by atoms with Gasteiger partial charge in [0.1, 0.15) is 0 Å². The van der Waals surface area contributed by atoms with E-state index in [1.54, 1.807) is 0 Å². The van der Waals surface area contributed by atoms with Crippen LogP contribution in [0.4, 0.5) is 0 Å². The topological polar surface area (TPSA) is 128 Å². The minimum absolute atomic E-state index is 0. The van der Waals surface area contributed by atoms with Gasteiger partial charge in [-0.05, 0) is 0 Å². The molecule has 0 saturated heterocycles. The van der Waals surface area contributed by atoms with Crippen LogP contribution in [0.25, 0.3) is 11.5 Å². The van der Waals surface area contributed by atoms with E-state index in [1.165, 1.54) is 12.8 Å². The van der Waals surface area contributed by atoms with Crippen LogP contribution in [0.2, 0.25) is 0 Å². The summed E-state index contributed by atoms with van der Waals surface area (Å²) >= 11 is 0. The quantitative estimate of drug-likeness (QED) is 0.471. The molecule has 0 aromatic rings. The Kier molecular flexibility index (Phi) is 10.3. The van der Waals surface area contributed by atoms with Gasteiger partial charge in [0.25, 0.3) is 0 Å². The van der Waals surface area contributed by atoms with Gasteiger partial charge < -0.3 is 20.6 Å². The van der Waals surface area contributed by atoms with E-state index in [4.69, 9.17) is 29.0 Å². The van der Waals surface area contributed by atoms with Crippen molar-refractivity contribution in [3.05, 3.63) is 11.5 Å². The first-order valence-electron chi connectivity index (χ1n) is 4.37. The number of hydrogen-bond acceptors (Lipinski definition) is 4. The van der Waals surface area contributed by atoms with Crippen LogP contribution in [0.5, 0.6) is 0 Å². The molecule has 0 radical (unpaired) electrons. The Balaban J connectivity index is 0. The van der Waals surface area contributed by atoms with Crippen molar-refractivity contribution >= 4 is 10.4 Å². The molecule has 1 rings (SSSR count). The number of rotatable bonds is 1. The molecule has 0 aromatic carbocycles.